The van der Waals surface area contributed by atoms with Crippen LogP contribution in [0.1, 0.15) is 17.5 Å². The number of nitrogens with zero attached hydrogens (tertiary/aromatic N) is 1. The zero-order valence-corrected chi connectivity index (χ0v) is 11.6. The van der Waals surface area contributed by atoms with Crippen molar-refractivity contribution < 1.29 is 5.11 Å². The first-order valence-electron chi connectivity index (χ1n) is 6.93. The summed E-state index contributed by atoms with van der Waals surface area (Å²) >= 11 is 0. The molecular formula is C17H18N2O. The highest BCUT2D eigenvalue weighted by molar-refractivity contribution is 5.80. The highest BCUT2D eigenvalue weighted by Gasteiger charge is 2.07. The van der Waals surface area contributed by atoms with Crippen molar-refractivity contribution in [3.05, 3.63) is 53.6 Å². The predicted octanol–water partition coefficient (Wildman–Crippen LogP) is 3.46. The summed E-state index contributed by atoms with van der Waals surface area (Å²) in [6.07, 6.45) is 1.69. The van der Waals surface area contributed by atoms with Crippen LogP contribution in [0.5, 0.6) is 0 Å². The minimum atomic E-state index is 0.232. The molecular weight excluding hydrogens is 248 g/mol. The zero-order valence-electron chi connectivity index (χ0n) is 11.6. The van der Waals surface area contributed by atoms with Crippen molar-refractivity contribution in [3.63, 3.8) is 0 Å². The minimum Gasteiger partial charge on any atom is -0.396 e. The van der Waals surface area contributed by atoms with E-state index in [-0.39, 0.29) is 6.61 Å². The Kier molecular flexibility index (Phi) is 3.52. The van der Waals surface area contributed by atoms with Gasteiger partial charge in [-0.2, -0.15) is 0 Å². The quantitative estimate of drug-likeness (QED) is 0.759. The number of hydrogen-bond acceptors (Lipinski definition) is 2. The molecule has 3 rings (SSSR count). The molecule has 0 atom stereocenters. The summed E-state index contributed by atoms with van der Waals surface area (Å²) in [5.41, 5.74) is 5.62. The van der Waals surface area contributed by atoms with Crippen LogP contribution in [0.2, 0.25) is 0 Å². The second kappa shape index (κ2) is 5.47. The van der Waals surface area contributed by atoms with Crippen molar-refractivity contribution in [2.24, 2.45) is 0 Å². The summed E-state index contributed by atoms with van der Waals surface area (Å²) in [6, 6.07) is 14.5. The number of aromatic nitrogens is 2. The molecule has 0 amide bonds. The molecule has 20 heavy (non-hydrogen) atoms. The summed E-state index contributed by atoms with van der Waals surface area (Å²) < 4.78 is 0. The maximum absolute atomic E-state index is 8.90. The van der Waals surface area contributed by atoms with E-state index in [1.54, 1.807) is 0 Å². The van der Waals surface area contributed by atoms with E-state index in [1.807, 2.05) is 18.2 Å². The number of H-pyrrole nitrogens is 1. The molecule has 0 saturated carbocycles. The molecule has 0 saturated heterocycles. The van der Waals surface area contributed by atoms with E-state index < -0.39 is 0 Å². The Morgan fingerprint density at radius 3 is 2.80 bits per heavy atom. The van der Waals surface area contributed by atoms with E-state index in [1.165, 1.54) is 11.1 Å². The van der Waals surface area contributed by atoms with Crippen molar-refractivity contribution in [2.75, 3.05) is 6.61 Å². The van der Waals surface area contributed by atoms with Gasteiger partial charge in [0.25, 0.3) is 0 Å². The Morgan fingerprint density at radius 1 is 1.15 bits per heavy atom. The van der Waals surface area contributed by atoms with Gasteiger partial charge in [0, 0.05) is 12.2 Å². The fourth-order valence-corrected chi connectivity index (χ4v) is 2.46. The fraction of sp³-hybridized carbons (Fsp3) is 0.235. The van der Waals surface area contributed by atoms with Crippen LogP contribution in [-0.4, -0.2) is 21.7 Å². The summed E-state index contributed by atoms with van der Waals surface area (Å²) in [5, 5.41) is 8.90. The van der Waals surface area contributed by atoms with Crippen molar-refractivity contribution in [3.8, 4) is 11.4 Å². The fourth-order valence-electron chi connectivity index (χ4n) is 2.46. The van der Waals surface area contributed by atoms with Gasteiger partial charge < -0.3 is 10.1 Å². The van der Waals surface area contributed by atoms with Crippen LogP contribution in [0, 0.1) is 6.92 Å². The number of aryl methyl sites for hydroxylation is 2. The van der Waals surface area contributed by atoms with Crippen LogP contribution in [0.25, 0.3) is 22.4 Å². The van der Waals surface area contributed by atoms with Gasteiger partial charge in [-0.1, -0.05) is 30.3 Å². The molecule has 2 N–H and O–H groups in total. The van der Waals surface area contributed by atoms with E-state index in [0.29, 0.717) is 0 Å². The molecule has 0 radical (unpaired) electrons. The van der Waals surface area contributed by atoms with Crippen LogP contribution >= 0.6 is 0 Å². The monoisotopic (exact) mass is 266 g/mol. The van der Waals surface area contributed by atoms with Crippen molar-refractivity contribution >= 4 is 11.0 Å². The lowest BCUT2D eigenvalue weighted by molar-refractivity contribution is 0.288. The van der Waals surface area contributed by atoms with Crippen molar-refractivity contribution in [1.29, 1.82) is 0 Å². The van der Waals surface area contributed by atoms with Gasteiger partial charge in [-0.05, 0) is 43.0 Å². The largest absolute Gasteiger partial charge is 0.396 e. The molecule has 0 unspecified atom stereocenters. The standard InChI is InChI=1S/C17H18N2O/c1-12-5-2-3-7-14(12)17-18-15-9-8-13(6-4-10-20)11-16(15)19-17/h2-3,5,7-9,11,20H,4,6,10H2,1H3,(H,18,19). The van der Waals surface area contributed by atoms with E-state index in [9.17, 15) is 0 Å². The summed E-state index contributed by atoms with van der Waals surface area (Å²) in [5.74, 6) is 0.914. The number of imidazole rings is 1. The maximum atomic E-state index is 8.90. The molecule has 0 spiro atoms. The smallest absolute Gasteiger partial charge is 0.138 e. The van der Waals surface area contributed by atoms with Crippen LogP contribution in [0.15, 0.2) is 42.5 Å². The van der Waals surface area contributed by atoms with Gasteiger partial charge in [0.05, 0.1) is 11.0 Å². The molecule has 0 fully saturated rings. The number of benzene rings is 2. The molecule has 102 valence electrons. The lowest BCUT2D eigenvalue weighted by Gasteiger charge is -2.00. The summed E-state index contributed by atoms with van der Waals surface area (Å²) in [6.45, 7) is 2.32. The first kappa shape index (κ1) is 12.9. The lowest BCUT2D eigenvalue weighted by Crippen LogP contribution is -1.88. The van der Waals surface area contributed by atoms with E-state index >= 15 is 0 Å². The minimum absolute atomic E-state index is 0.232. The van der Waals surface area contributed by atoms with E-state index in [0.717, 1.165) is 35.3 Å². The number of fused-ring (bicyclic) bond motifs is 1. The third-order valence-electron chi connectivity index (χ3n) is 3.57. The van der Waals surface area contributed by atoms with Gasteiger partial charge in [-0.3, -0.25) is 0 Å². The molecule has 1 aromatic heterocycles. The predicted molar refractivity (Wildman–Crippen MR) is 81.7 cm³/mol. The first-order chi connectivity index (χ1) is 9.78. The molecule has 0 aliphatic heterocycles. The number of aliphatic hydroxyl groups excluding tert-OH is 1. The van der Waals surface area contributed by atoms with E-state index in [4.69, 9.17) is 5.11 Å². The average molecular weight is 266 g/mol. The number of nitrogens with one attached hydrogen (secondary N) is 1. The summed E-state index contributed by atoms with van der Waals surface area (Å²) in [4.78, 5) is 8.06. The number of hydrogen-bond donors (Lipinski definition) is 2. The molecule has 3 aromatic rings. The van der Waals surface area contributed by atoms with Gasteiger partial charge in [-0.15, -0.1) is 0 Å². The van der Waals surface area contributed by atoms with Crippen LogP contribution in [0.3, 0.4) is 0 Å². The molecule has 3 nitrogen and oxygen atoms in total. The average Bonchev–Trinajstić information content (AvgIpc) is 2.88. The Bertz CT molecular complexity index is 731. The highest BCUT2D eigenvalue weighted by Crippen LogP contribution is 2.24. The van der Waals surface area contributed by atoms with Crippen LogP contribution < -0.4 is 0 Å². The molecule has 0 aliphatic carbocycles. The van der Waals surface area contributed by atoms with Crippen LogP contribution in [-0.2, 0) is 6.42 Å². The third kappa shape index (κ3) is 2.45. The SMILES string of the molecule is Cc1ccccc1-c1nc2ccc(CCCO)cc2[nH]1. The molecule has 0 bridgehead atoms. The summed E-state index contributed by atoms with van der Waals surface area (Å²) in [7, 11) is 0. The second-order valence-corrected chi connectivity index (χ2v) is 5.08. The maximum Gasteiger partial charge on any atom is 0.138 e. The highest BCUT2D eigenvalue weighted by atomic mass is 16.2. The van der Waals surface area contributed by atoms with Gasteiger partial charge >= 0.3 is 0 Å². The molecule has 0 aliphatic rings. The Morgan fingerprint density at radius 2 is 2.00 bits per heavy atom. The first-order valence-corrected chi connectivity index (χ1v) is 6.93. The number of rotatable bonds is 4. The van der Waals surface area contributed by atoms with Crippen molar-refractivity contribution in [2.45, 2.75) is 19.8 Å². The lowest BCUT2D eigenvalue weighted by atomic mass is 10.1. The molecule has 3 heteroatoms. The van der Waals surface area contributed by atoms with Gasteiger partial charge in [-0.25, -0.2) is 4.98 Å². The molecule has 2 aromatic carbocycles. The van der Waals surface area contributed by atoms with Gasteiger partial charge in [0.1, 0.15) is 5.82 Å². The topological polar surface area (TPSA) is 48.9 Å². The Labute approximate surface area is 118 Å². The van der Waals surface area contributed by atoms with E-state index in [2.05, 4.69) is 41.2 Å². The second-order valence-electron chi connectivity index (χ2n) is 5.08. The molecule has 1 heterocycles. The van der Waals surface area contributed by atoms with Gasteiger partial charge in [0.15, 0.2) is 0 Å². The third-order valence-corrected chi connectivity index (χ3v) is 3.57. The normalized spacial score (nSPS) is 11.1. The van der Waals surface area contributed by atoms with Crippen LogP contribution in [0.4, 0.5) is 0 Å². The Balaban J connectivity index is 2.00. The Hall–Kier alpha value is -2.13. The number of aromatic amines is 1. The van der Waals surface area contributed by atoms with Crippen molar-refractivity contribution in [1.82, 2.24) is 9.97 Å². The zero-order chi connectivity index (χ0) is 13.9. The number of aliphatic hydroxyl groups is 1. The van der Waals surface area contributed by atoms with Gasteiger partial charge in [0.2, 0.25) is 0 Å².